The minimum Gasteiger partial charge on any atom is -0.449 e. The molecule has 0 spiro atoms. The Morgan fingerprint density at radius 2 is 1.47 bits per heavy atom. The van der Waals surface area contributed by atoms with E-state index in [9.17, 15) is 0 Å². The average molecular weight is 293 g/mol. The molecule has 0 aliphatic rings. The maximum atomic E-state index is 5.72. The quantitative estimate of drug-likeness (QED) is 0.477. The van der Waals surface area contributed by atoms with Crippen LogP contribution in [0.25, 0.3) is 0 Å². The topological polar surface area (TPSA) is 36.9 Å². The summed E-state index contributed by atoms with van der Waals surface area (Å²) in [5.74, 6) is 0. The summed E-state index contributed by atoms with van der Waals surface area (Å²) >= 11 is 0. The Balaban J connectivity index is 2.55. The summed E-state index contributed by atoms with van der Waals surface area (Å²) < 4.78 is 21.8. The summed E-state index contributed by atoms with van der Waals surface area (Å²) in [4.78, 5) is 0. The van der Waals surface area contributed by atoms with Crippen LogP contribution in [0.1, 0.15) is 0 Å². The lowest BCUT2D eigenvalue weighted by molar-refractivity contribution is 0.394. The highest BCUT2D eigenvalue weighted by Crippen LogP contribution is 1.92. The Labute approximate surface area is 102 Å². The molecular weight excluding hydrogens is 276 g/mol. The predicted molar refractivity (Wildman–Crippen MR) is 74.5 cm³/mol. The van der Waals surface area contributed by atoms with E-state index in [2.05, 4.69) is 12.1 Å². The van der Waals surface area contributed by atoms with Crippen molar-refractivity contribution in [2.45, 2.75) is 0 Å². The Hall–Kier alpha value is 0.144. The Bertz CT molecular complexity index is 253. The van der Waals surface area contributed by atoms with Crippen LogP contribution in [-0.2, 0) is 16.5 Å². The molecule has 84 valence electrons. The molecule has 0 N–H and O–H groups in total. The number of benzene rings is 1. The van der Waals surface area contributed by atoms with Crippen LogP contribution in [-0.4, -0.2) is 50.3 Å². The summed E-state index contributed by atoms with van der Waals surface area (Å²) in [5, 5.41) is 1.18. The standard InChI is InChI=1S/C6H16O4Si5/c11-7-13-9-15(10-14-8-12)6-4-2-1-3-5-6/h1-5,15H,13-14H2,11-12H3. The summed E-state index contributed by atoms with van der Waals surface area (Å²) in [6, 6.07) is 10.1. The van der Waals surface area contributed by atoms with Crippen molar-refractivity contribution in [2.75, 3.05) is 0 Å². The smallest absolute Gasteiger partial charge is 0.337 e. The van der Waals surface area contributed by atoms with Gasteiger partial charge < -0.3 is 16.5 Å². The van der Waals surface area contributed by atoms with Crippen molar-refractivity contribution in [3.8, 4) is 0 Å². The second-order valence-corrected chi connectivity index (χ2v) is 12.0. The van der Waals surface area contributed by atoms with E-state index >= 15 is 0 Å². The van der Waals surface area contributed by atoms with Crippen LogP contribution in [0.3, 0.4) is 0 Å². The van der Waals surface area contributed by atoms with Crippen LogP contribution in [0.5, 0.6) is 0 Å². The van der Waals surface area contributed by atoms with Crippen LogP contribution in [0.4, 0.5) is 0 Å². The van der Waals surface area contributed by atoms with Gasteiger partial charge in [0.1, 0.15) is 21.0 Å². The first-order valence-corrected chi connectivity index (χ1v) is 10.1. The molecule has 0 saturated heterocycles. The zero-order chi connectivity index (χ0) is 10.9. The van der Waals surface area contributed by atoms with Gasteiger partial charge >= 0.3 is 9.28 Å². The largest absolute Gasteiger partial charge is 0.449 e. The normalized spacial score (nSPS) is 14.7. The number of hydrogen-bond donors (Lipinski definition) is 0. The van der Waals surface area contributed by atoms with Crippen LogP contribution < -0.4 is 5.19 Å². The summed E-state index contributed by atoms with van der Waals surface area (Å²) in [6.07, 6.45) is 0. The first-order valence-electron chi connectivity index (χ1n) is 4.64. The van der Waals surface area contributed by atoms with Gasteiger partial charge in [0.05, 0.1) is 0 Å². The monoisotopic (exact) mass is 292 g/mol. The number of hydrogen-bond acceptors (Lipinski definition) is 4. The molecule has 0 radical (unpaired) electrons. The molecule has 0 fully saturated rings. The highest BCUT2D eigenvalue weighted by molar-refractivity contribution is 6.69. The lowest BCUT2D eigenvalue weighted by Gasteiger charge is -2.16. The molecule has 0 unspecified atom stereocenters. The van der Waals surface area contributed by atoms with Gasteiger partial charge in [0.15, 0.2) is 0 Å². The van der Waals surface area contributed by atoms with Gasteiger partial charge in [-0.25, -0.2) is 0 Å². The average Bonchev–Trinajstić information content (AvgIpc) is 2.30. The molecule has 0 bridgehead atoms. The van der Waals surface area contributed by atoms with Crippen LogP contribution in [0, 0.1) is 0 Å². The highest BCUT2D eigenvalue weighted by atomic mass is 28.4. The summed E-state index contributed by atoms with van der Waals surface area (Å²) in [5.41, 5.74) is 0. The first-order chi connectivity index (χ1) is 7.38. The molecule has 1 aromatic carbocycles. The second kappa shape index (κ2) is 8.31. The minimum absolute atomic E-state index is 0.752. The SMILES string of the molecule is [SiH3]O[SiH2]O[SiH](O[SiH2]O[SiH3])c1ccccc1. The van der Waals surface area contributed by atoms with Crippen molar-refractivity contribution in [3.63, 3.8) is 0 Å². The van der Waals surface area contributed by atoms with E-state index in [1.807, 2.05) is 18.2 Å². The van der Waals surface area contributed by atoms with E-state index in [0.29, 0.717) is 0 Å². The Morgan fingerprint density at radius 1 is 0.933 bits per heavy atom. The first kappa shape index (κ1) is 13.2. The van der Waals surface area contributed by atoms with Crippen molar-refractivity contribution in [2.24, 2.45) is 0 Å². The molecule has 0 aliphatic heterocycles. The predicted octanol–water partition coefficient (Wildman–Crippen LogP) is -4.26. The molecule has 0 heterocycles. The third kappa shape index (κ3) is 5.14. The lowest BCUT2D eigenvalue weighted by Crippen LogP contribution is -2.39. The van der Waals surface area contributed by atoms with Crippen LogP contribution >= 0.6 is 0 Å². The molecule has 15 heavy (non-hydrogen) atoms. The minimum atomic E-state index is -1.71. The fraction of sp³-hybridized carbons (Fsp3) is 0. The fourth-order valence-electron chi connectivity index (χ4n) is 1.11. The van der Waals surface area contributed by atoms with Crippen molar-refractivity contribution < 1.29 is 16.5 Å². The molecule has 0 atom stereocenters. The Kier molecular flexibility index (Phi) is 7.32. The van der Waals surface area contributed by atoms with E-state index in [-0.39, 0.29) is 0 Å². The molecule has 0 amide bonds. The van der Waals surface area contributed by atoms with Gasteiger partial charge in [-0.2, -0.15) is 0 Å². The van der Waals surface area contributed by atoms with Gasteiger partial charge in [0.2, 0.25) is 0 Å². The van der Waals surface area contributed by atoms with Crippen molar-refractivity contribution >= 4 is 55.5 Å². The molecule has 0 aliphatic carbocycles. The lowest BCUT2D eigenvalue weighted by atomic mass is 10.4. The van der Waals surface area contributed by atoms with Gasteiger partial charge in [-0.1, -0.05) is 30.3 Å². The highest BCUT2D eigenvalue weighted by Gasteiger charge is 2.15. The third-order valence-electron chi connectivity index (χ3n) is 1.75. The molecular formula is C6H16O4Si5. The maximum Gasteiger partial charge on any atom is 0.337 e. The van der Waals surface area contributed by atoms with Gasteiger partial charge in [0.25, 0.3) is 20.0 Å². The van der Waals surface area contributed by atoms with E-state index in [1.54, 1.807) is 0 Å². The van der Waals surface area contributed by atoms with E-state index < -0.39 is 29.3 Å². The third-order valence-corrected chi connectivity index (χ3v) is 8.07. The van der Waals surface area contributed by atoms with Crippen molar-refractivity contribution in [1.82, 2.24) is 0 Å². The molecule has 1 rings (SSSR count). The van der Waals surface area contributed by atoms with E-state index in [1.165, 1.54) is 5.19 Å². The maximum absolute atomic E-state index is 5.72. The second-order valence-electron chi connectivity index (χ2n) is 2.89. The molecule has 0 saturated carbocycles. The van der Waals surface area contributed by atoms with Gasteiger partial charge in [-0.3, -0.25) is 0 Å². The van der Waals surface area contributed by atoms with E-state index in [4.69, 9.17) is 16.5 Å². The molecule has 9 heteroatoms. The molecule has 0 aromatic heterocycles. The Morgan fingerprint density at radius 3 is 1.93 bits per heavy atom. The number of rotatable bonds is 7. The van der Waals surface area contributed by atoms with Gasteiger partial charge in [-0.05, 0) is 5.19 Å². The van der Waals surface area contributed by atoms with Gasteiger partial charge in [-0.15, -0.1) is 0 Å². The zero-order valence-electron chi connectivity index (χ0n) is 9.01. The summed E-state index contributed by atoms with van der Waals surface area (Å²) in [6.45, 7) is 0. The van der Waals surface area contributed by atoms with Gasteiger partial charge in [0, 0.05) is 0 Å². The molecule has 1 aromatic rings. The molecule has 4 nitrogen and oxygen atoms in total. The zero-order valence-corrected chi connectivity index (χ0v) is 17.0. The van der Waals surface area contributed by atoms with Crippen molar-refractivity contribution in [3.05, 3.63) is 30.3 Å². The van der Waals surface area contributed by atoms with Crippen molar-refractivity contribution in [1.29, 1.82) is 0 Å². The fourth-order valence-corrected chi connectivity index (χ4v) is 8.96. The van der Waals surface area contributed by atoms with Crippen LogP contribution in [0.2, 0.25) is 0 Å². The van der Waals surface area contributed by atoms with E-state index in [0.717, 1.165) is 21.0 Å². The summed E-state index contributed by atoms with van der Waals surface area (Å²) in [7, 11) is -1.85. The van der Waals surface area contributed by atoms with Crippen LogP contribution in [0.15, 0.2) is 30.3 Å².